The third kappa shape index (κ3) is 2.58. The molecule has 1 aromatic rings. The molecule has 1 unspecified atom stereocenters. The molecule has 2 saturated carbocycles. The highest BCUT2D eigenvalue weighted by Gasteiger charge is 2.68. The molecule has 2 aliphatic rings. The molecule has 0 aromatic heterocycles. The van der Waals surface area contributed by atoms with Crippen molar-refractivity contribution in [3.05, 3.63) is 45.0 Å². The van der Waals surface area contributed by atoms with Gasteiger partial charge in [0.1, 0.15) is 0 Å². The molecule has 6 nitrogen and oxygen atoms in total. The Hall–Kier alpha value is -2.08. The van der Waals surface area contributed by atoms with E-state index in [4.69, 9.17) is 4.74 Å². The van der Waals surface area contributed by atoms with Crippen LogP contribution in [0, 0.1) is 29.4 Å². The van der Waals surface area contributed by atoms with Crippen LogP contribution < -0.4 is 0 Å². The van der Waals surface area contributed by atoms with Crippen LogP contribution in [0.1, 0.15) is 55.2 Å². The largest absolute Gasteiger partial charge is 0.381 e. The number of rotatable bonds is 3. The summed E-state index contributed by atoms with van der Waals surface area (Å²) in [6, 6.07) is 5.22. The molecule has 2 aliphatic carbocycles. The van der Waals surface area contributed by atoms with Gasteiger partial charge in [-0.05, 0) is 57.6 Å². The van der Waals surface area contributed by atoms with Gasteiger partial charge in [0.15, 0.2) is 0 Å². The number of Topliss-reactive ketones (excluding diaryl/α,β-unsaturated/α-hetero) is 2. The lowest BCUT2D eigenvalue weighted by atomic mass is 9.56. The van der Waals surface area contributed by atoms with Crippen LogP contribution in [0.5, 0.6) is 0 Å². The zero-order valence-corrected chi connectivity index (χ0v) is 15.5. The minimum absolute atomic E-state index is 0.0672. The number of carbonyl (C=O) groups is 2. The summed E-state index contributed by atoms with van der Waals surface area (Å²) in [7, 11) is 1.65. The van der Waals surface area contributed by atoms with Crippen LogP contribution in [-0.2, 0) is 19.9 Å². The summed E-state index contributed by atoms with van der Waals surface area (Å²) in [6.07, 6.45) is 3.01. The van der Waals surface area contributed by atoms with E-state index >= 15 is 0 Å². The van der Waals surface area contributed by atoms with Crippen molar-refractivity contribution >= 4 is 11.6 Å². The summed E-state index contributed by atoms with van der Waals surface area (Å²) in [5.74, 6) is -1.10. The van der Waals surface area contributed by atoms with Crippen molar-refractivity contribution < 1.29 is 19.2 Å². The van der Waals surface area contributed by atoms with Crippen molar-refractivity contribution in [1.29, 1.82) is 0 Å². The first-order chi connectivity index (χ1) is 12.3. The zero-order valence-electron chi connectivity index (χ0n) is 15.5. The van der Waals surface area contributed by atoms with E-state index in [1.165, 1.54) is 0 Å². The van der Waals surface area contributed by atoms with Crippen molar-refractivity contribution in [2.45, 2.75) is 64.0 Å². The van der Waals surface area contributed by atoms with Crippen molar-refractivity contribution in [3.8, 4) is 0 Å². The number of ether oxygens (including phenoxy) is 1. The highest BCUT2D eigenvalue weighted by Crippen LogP contribution is 2.51. The molecule has 26 heavy (non-hydrogen) atoms. The van der Waals surface area contributed by atoms with E-state index in [-0.39, 0.29) is 18.1 Å². The lowest BCUT2D eigenvalue weighted by molar-refractivity contribution is -0.545. The van der Waals surface area contributed by atoms with Crippen LogP contribution in [0.2, 0.25) is 0 Å². The lowest BCUT2D eigenvalue weighted by Gasteiger charge is -2.44. The fourth-order valence-corrected chi connectivity index (χ4v) is 4.70. The number of benzene rings is 1. The summed E-state index contributed by atoms with van der Waals surface area (Å²) >= 11 is 0. The maximum Gasteiger partial charge on any atom is 0.361 e. The first-order valence-corrected chi connectivity index (χ1v) is 9.11. The number of ketones is 2. The van der Waals surface area contributed by atoms with Gasteiger partial charge in [-0.1, -0.05) is 17.7 Å². The SMILES string of the molecule is COC1CCC2(CCC(=O)C(c3cc(C)ccc3C)([N+](=O)[O-])C2=O)CC1. The normalized spacial score (nSPS) is 32.0. The Kier molecular flexibility index (Phi) is 4.73. The Labute approximate surface area is 153 Å². The highest BCUT2D eigenvalue weighted by molar-refractivity contribution is 6.15. The average molecular weight is 359 g/mol. The second-order valence-electron chi connectivity index (χ2n) is 7.75. The number of nitro groups is 1. The molecule has 0 heterocycles. The second-order valence-corrected chi connectivity index (χ2v) is 7.75. The molecular formula is C20H25NO5. The van der Waals surface area contributed by atoms with Gasteiger partial charge in [0.25, 0.3) is 0 Å². The second kappa shape index (κ2) is 6.58. The standard InChI is InChI=1S/C20H25NO5/c1-13-4-5-14(2)16(12-13)20(21(24)25)17(22)8-11-19(18(20)23)9-6-15(26-3)7-10-19/h4-5,12,15H,6-11H2,1-3H3. The molecule has 6 heteroatoms. The van der Waals surface area contributed by atoms with Gasteiger partial charge in [-0.3, -0.25) is 19.7 Å². The number of nitrogens with zero attached hydrogens (tertiary/aromatic N) is 1. The van der Waals surface area contributed by atoms with Gasteiger partial charge in [0.05, 0.1) is 6.10 Å². The van der Waals surface area contributed by atoms with Gasteiger partial charge in [-0.2, -0.15) is 0 Å². The predicted molar refractivity (Wildman–Crippen MR) is 95.5 cm³/mol. The number of hydrogen-bond acceptors (Lipinski definition) is 5. The molecule has 0 N–H and O–H groups in total. The number of aryl methyl sites for hydroxylation is 2. The van der Waals surface area contributed by atoms with Crippen LogP contribution in [0.15, 0.2) is 18.2 Å². The van der Waals surface area contributed by atoms with E-state index in [0.717, 1.165) is 5.56 Å². The number of carbonyl (C=O) groups excluding carboxylic acids is 2. The Balaban J connectivity index is 2.14. The summed E-state index contributed by atoms with van der Waals surface area (Å²) < 4.78 is 5.39. The molecule has 0 radical (unpaired) electrons. The molecule has 0 bridgehead atoms. The van der Waals surface area contributed by atoms with Crippen molar-refractivity contribution in [2.75, 3.05) is 7.11 Å². The van der Waals surface area contributed by atoms with Gasteiger partial charge < -0.3 is 4.74 Å². The minimum Gasteiger partial charge on any atom is -0.381 e. The zero-order chi connectivity index (χ0) is 19.1. The predicted octanol–water partition coefficient (Wildman–Crippen LogP) is 3.28. The maximum absolute atomic E-state index is 13.6. The Morgan fingerprint density at radius 1 is 1.15 bits per heavy atom. The monoisotopic (exact) mass is 359 g/mol. The summed E-state index contributed by atoms with van der Waals surface area (Å²) in [4.78, 5) is 38.1. The topological polar surface area (TPSA) is 86.5 Å². The van der Waals surface area contributed by atoms with Gasteiger partial charge >= 0.3 is 5.54 Å². The van der Waals surface area contributed by atoms with E-state index < -0.39 is 27.4 Å². The van der Waals surface area contributed by atoms with Gasteiger partial charge in [0.2, 0.25) is 11.6 Å². The van der Waals surface area contributed by atoms with Gasteiger partial charge in [-0.15, -0.1) is 0 Å². The molecule has 0 saturated heterocycles. The Morgan fingerprint density at radius 3 is 2.38 bits per heavy atom. The summed E-state index contributed by atoms with van der Waals surface area (Å²) in [5, 5.41) is 12.2. The Bertz CT molecular complexity index is 763. The third-order valence-corrected chi connectivity index (χ3v) is 6.32. The van der Waals surface area contributed by atoms with E-state index in [1.807, 2.05) is 13.0 Å². The van der Waals surface area contributed by atoms with Crippen LogP contribution in [-0.4, -0.2) is 29.7 Å². The lowest BCUT2D eigenvalue weighted by Crippen LogP contribution is -2.61. The van der Waals surface area contributed by atoms with Crippen LogP contribution in [0.25, 0.3) is 0 Å². The number of methoxy groups -OCH3 is 1. The smallest absolute Gasteiger partial charge is 0.361 e. The van der Waals surface area contributed by atoms with Crippen LogP contribution in [0.3, 0.4) is 0 Å². The van der Waals surface area contributed by atoms with Crippen molar-refractivity contribution in [1.82, 2.24) is 0 Å². The van der Waals surface area contributed by atoms with E-state index in [0.29, 0.717) is 37.7 Å². The van der Waals surface area contributed by atoms with Crippen LogP contribution in [0.4, 0.5) is 0 Å². The van der Waals surface area contributed by atoms with Gasteiger partial charge in [-0.25, -0.2) is 0 Å². The molecule has 140 valence electrons. The molecule has 1 aromatic carbocycles. The summed E-state index contributed by atoms with van der Waals surface area (Å²) in [5.41, 5.74) is -1.42. The first kappa shape index (κ1) is 18.7. The van der Waals surface area contributed by atoms with E-state index in [9.17, 15) is 19.7 Å². The van der Waals surface area contributed by atoms with Gasteiger partial charge in [0, 0.05) is 29.4 Å². The quantitative estimate of drug-likeness (QED) is 0.469. The molecule has 0 aliphatic heterocycles. The maximum atomic E-state index is 13.6. The minimum atomic E-state index is -2.27. The summed E-state index contributed by atoms with van der Waals surface area (Å²) in [6.45, 7) is 3.54. The first-order valence-electron chi connectivity index (χ1n) is 9.11. The number of hydrogen-bond donors (Lipinski definition) is 0. The van der Waals surface area contributed by atoms with Crippen molar-refractivity contribution in [3.63, 3.8) is 0 Å². The van der Waals surface area contributed by atoms with E-state index in [1.54, 1.807) is 26.2 Å². The molecule has 3 rings (SSSR count). The molecule has 1 atom stereocenters. The van der Waals surface area contributed by atoms with Crippen LogP contribution >= 0.6 is 0 Å². The fraction of sp³-hybridized carbons (Fsp3) is 0.600. The van der Waals surface area contributed by atoms with E-state index in [2.05, 4.69) is 0 Å². The average Bonchev–Trinajstić information content (AvgIpc) is 2.62. The third-order valence-electron chi connectivity index (χ3n) is 6.32. The van der Waals surface area contributed by atoms with Crippen molar-refractivity contribution in [2.24, 2.45) is 5.41 Å². The molecule has 0 amide bonds. The molecular weight excluding hydrogens is 334 g/mol. The molecule has 1 spiro atoms. The fourth-order valence-electron chi connectivity index (χ4n) is 4.70. The molecule has 2 fully saturated rings. The highest BCUT2D eigenvalue weighted by atomic mass is 16.6. The Morgan fingerprint density at radius 2 is 1.81 bits per heavy atom.